The molecule has 1 aromatic carbocycles. The summed E-state index contributed by atoms with van der Waals surface area (Å²) in [5.74, 6) is 1.78. The number of thioether (sulfide) groups is 1. The van der Waals surface area contributed by atoms with Crippen molar-refractivity contribution in [2.24, 2.45) is 0 Å². The Morgan fingerprint density at radius 2 is 2.00 bits per heavy atom. The summed E-state index contributed by atoms with van der Waals surface area (Å²) in [6, 6.07) is 11.4. The highest BCUT2D eigenvalue weighted by molar-refractivity contribution is 7.98. The normalized spacial score (nSPS) is 11.0. The monoisotopic (exact) mass is 426 g/mol. The first-order valence-electron chi connectivity index (χ1n) is 8.95. The van der Waals surface area contributed by atoms with E-state index in [1.807, 2.05) is 31.2 Å². The van der Waals surface area contributed by atoms with Crippen LogP contribution in [0.1, 0.15) is 23.2 Å². The van der Waals surface area contributed by atoms with Gasteiger partial charge in [-0.15, -0.1) is 11.3 Å². The van der Waals surface area contributed by atoms with Crippen LogP contribution in [0.15, 0.2) is 57.5 Å². The number of furan rings is 1. The number of carbonyl (C=O) groups excluding carboxylic acids is 1. The number of ether oxygens (including phenoxy) is 2. The lowest BCUT2D eigenvalue weighted by molar-refractivity contribution is 0.0563. The van der Waals surface area contributed by atoms with Crippen LogP contribution in [0.5, 0.6) is 5.75 Å². The molecule has 4 rings (SSSR count). The molecule has 6 nitrogen and oxygen atoms in total. The second-order valence-electron chi connectivity index (χ2n) is 6.01. The molecular weight excluding hydrogens is 408 g/mol. The zero-order valence-electron chi connectivity index (χ0n) is 15.9. The lowest BCUT2D eigenvalue weighted by Crippen LogP contribution is -1.98. The predicted molar refractivity (Wildman–Crippen MR) is 114 cm³/mol. The van der Waals surface area contributed by atoms with E-state index in [0.717, 1.165) is 32.1 Å². The molecular formula is C21H18N2O4S2. The number of aromatic nitrogens is 2. The first-order valence-corrected chi connectivity index (χ1v) is 10.8. The summed E-state index contributed by atoms with van der Waals surface area (Å²) in [5.41, 5.74) is 2.17. The van der Waals surface area contributed by atoms with Crippen molar-refractivity contribution in [3.05, 3.63) is 59.6 Å². The number of methoxy groups -OCH3 is 1. The van der Waals surface area contributed by atoms with E-state index >= 15 is 0 Å². The maximum absolute atomic E-state index is 11.6. The van der Waals surface area contributed by atoms with Gasteiger partial charge in [0.2, 0.25) is 5.76 Å². The molecule has 0 atom stereocenters. The average Bonchev–Trinajstić information content (AvgIpc) is 3.40. The van der Waals surface area contributed by atoms with Gasteiger partial charge < -0.3 is 13.9 Å². The lowest BCUT2D eigenvalue weighted by Gasteiger charge is -2.06. The number of nitrogens with zero attached hydrogens (tertiary/aromatic N) is 2. The Morgan fingerprint density at radius 3 is 2.76 bits per heavy atom. The van der Waals surface area contributed by atoms with E-state index in [1.165, 1.54) is 7.11 Å². The van der Waals surface area contributed by atoms with Crippen LogP contribution < -0.4 is 4.74 Å². The van der Waals surface area contributed by atoms with Crippen LogP contribution in [-0.4, -0.2) is 29.7 Å². The molecule has 148 valence electrons. The minimum absolute atomic E-state index is 0.196. The van der Waals surface area contributed by atoms with Crippen molar-refractivity contribution in [3.8, 4) is 16.9 Å². The van der Waals surface area contributed by atoms with E-state index in [9.17, 15) is 4.79 Å². The molecule has 0 aliphatic heterocycles. The number of esters is 1. The number of benzene rings is 1. The third-order valence-electron chi connectivity index (χ3n) is 4.21. The van der Waals surface area contributed by atoms with Crippen molar-refractivity contribution in [1.82, 2.24) is 9.97 Å². The summed E-state index contributed by atoms with van der Waals surface area (Å²) in [4.78, 5) is 21.4. The van der Waals surface area contributed by atoms with E-state index in [4.69, 9.17) is 9.15 Å². The summed E-state index contributed by atoms with van der Waals surface area (Å²) in [7, 11) is 1.33. The van der Waals surface area contributed by atoms with Crippen molar-refractivity contribution in [3.63, 3.8) is 0 Å². The second kappa shape index (κ2) is 8.67. The third kappa shape index (κ3) is 4.13. The van der Waals surface area contributed by atoms with Crippen molar-refractivity contribution in [2.45, 2.75) is 17.7 Å². The van der Waals surface area contributed by atoms with Crippen LogP contribution in [0.3, 0.4) is 0 Å². The Kier molecular flexibility index (Phi) is 5.82. The Hall–Kier alpha value is -2.84. The molecule has 0 saturated heterocycles. The molecule has 0 aliphatic rings. The topological polar surface area (TPSA) is 74.5 Å². The van der Waals surface area contributed by atoms with Gasteiger partial charge in [0, 0.05) is 10.9 Å². The standard InChI is InChI=1S/C21H18N2O4S2/c1-3-26-14-6-4-13(5-7-14)16-11-29-20-18(16)19(22-12-23-20)28-10-15-8-9-17(27-15)21(24)25-2/h4-9,11-12H,3,10H2,1-2H3. The molecule has 0 radical (unpaired) electrons. The molecule has 0 saturated carbocycles. The summed E-state index contributed by atoms with van der Waals surface area (Å²) < 4.78 is 15.8. The fourth-order valence-electron chi connectivity index (χ4n) is 2.87. The van der Waals surface area contributed by atoms with Gasteiger partial charge >= 0.3 is 5.97 Å². The molecule has 0 aliphatic carbocycles. The van der Waals surface area contributed by atoms with Gasteiger partial charge in [-0.1, -0.05) is 23.9 Å². The highest BCUT2D eigenvalue weighted by Gasteiger charge is 2.16. The summed E-state index contributed by atoms with van der Waals surface area (Å²) in [6.07, 6.45) is 1.57. The Bertz CT molecular complexity index is 1140. The van der Waals surface area contributed by atoms with E-state index in [0.29, 0.717) is 18.1 Å². The van der Waals surface area contributed by atoms with Crippen LogP contribution in [0.2, 0.25) is 0 Å². The van der Waals surface area contributed by atoms with E-state index in [2.05, 4.69) is 20.1 Å². The number of hydrogen-bond acceptors (Lipinski definition) is 8. The maximum atomic E-state index is 11.6. The van der Waals surface area contributed by atoms with Crippen LogP contribution in [-0.2, 0) is 10.5 Å². The van der Waals surface area contributed by atoms with E-state index < -0.39 is 5.97 Å². The molecule has 0 spiro atoms. The summed E-state index contributed by atoms with van der Waals surface area (Å²) >= 11 is 3.14. The minimum atomic E-state index is -0.485. The van der Waals surface area contributed by atoms with Gasteiger partial charge in [0.15, 0.2) is 0 Å². The van der Waals surface area contributed by atoms with Crippen LogP contribution >= 0.6 is 23.1 Å². The molecule has 4 aromatic rings. The predicted octanol–water partition coefficient (Wildman–Crippen LogP) is 5.43. The molecule has 0 fully saturated rings. The van der Waals surface area contributed by atoms with Crippen molar-refractivity contribution in [2.75, 3.05) is 13.7 Å². The first kappa shape index (κ1) is 19.5. The number of fused-ring (bicyclic) bond motifs is 1. The van der Waals surface area contributed by atoms with Crippen molar-refractivity contribution in [1.29, 1.82) is 0 Å². The maximum Gasteiger partial charge on any atom is 0.373 e. The first-order chi connectivity index (χ1) is 14.2. The van der Waals surface area contributed by atoms with E-state index in [-0.39, 0.29) is 5.76 Å². The Morgan fingerprint density at radius 1 is 1.17 bits per heavy atom. The van der Waals surface area contributed by atoms with Gasteiger partial charge in [-0.25, -0.2) is 14.8 Å². The number of rotatable bonds is 7. The van der Waals surface area contributed by atoms with Crippen LogP contribution in [0, 0.1) is 0 Å². The van der Waals surface area contributed by atoms with Gasteiger partial charge in [-0.05, 0) is 36.8 Å². The number of carbonyl (C=O) groups is 1. The molecule has 3 heterocycles. The zero-order chi connectivity index (χ0) is 20.2. The van der Waals surface area contributed by atoms with Crippen LogP contribution in [0.25, 0.3) is 21.3 Å². The average molecular weight is 427 g/mol. The zero-order valence-corrected chi connectivity index (χ0v) is 17.5. The molecule has 0 bridgehead atoms. The van der Waals surface area contributed by atoms with Gasteiger partial charge in [-0.3, -0.25) is 0 Å². The summed E-state index contributed by atoms with van der Waals surface area (Å²) in [5, 5.41) is 3.99. The third-order valence-corrected chi connectivity index (χ3v) is 6.11. The molecule has 3 aromatic heterocycles. The Labute approximate surface area is 175 Å². The minimum Gasteiger partial charge on any atom is -0.494 e. The Balaban J connectivity index is 1.61. The fourth-order valence-corrected chi connectivity index (χ4v) is 4.76. The largest absolute Gasteiger partial charge is 0.494 e. The molecule has 0 amide bonds. The highest BCUT2D eigenvalue weighted by atomic mass is 32.2. The fraction of sp³-hybridized carbons (Fsp3) is 0.190. The van der Waals surface area contributed by atoms with Gasteiger partial charge in [0.25, 0.3) is 0 Å². The van der Waals surface area contributed by atoms with Crippen molar-refractivity contribution < 1.29 is 18.7 Å². The van der Waals surface area contributed by atoms with Gasteiger partial charge in [-0.2, -0.15) is 0 Å². The molecule has 8 heteroatoms. The SMILES string of the molecule is CCOc1ccc(-c2csc3ncnc(SCc4ccc(C(=O)OC)o4)c23)cc1. The van der Waals surface area contributed by atoms with Crippen LogP contribution in [0.4, 0.5) is 0 Å². The van der Waals surface area contributed by atoms with E-state index in [1.54, 1.807) is 41.6 Å². The van der Waals surface area contributed by atoms with Crippen molar-refractivity contribution >= 4 is 39.3 Å². The second-order valence-corrected chi connectivity index (χ2v) is 7.83. The number of thiophene rings is 1. The molecule has 29 heavy (non-hydrogen) atoms. The lowest BCUT2D eigenvalue weighted by atomic mass is 10.1. The quantitative estimate of drug-likeness (QED) is 0.222. The molecule has 0 unspecified atom stereocenters. The number of hydrogen-bond donors (Lipinski definition) is 0. The molecule has 0 N–H and O–H groups in total. The highest BCUT2D eigenvalue weighted by Crippen LogP contribution is 2.39. The van der Waals surface area contributed by atoms with Gasteiger partial charge in [0.05, 0.1) is 24.9 Å². The van der Waals surface area contributed by atoms with Gasteiger partial charge in [0.1, 0.15) is 27.7 Å². The summed E-state index contributed by atoms with van der Waals surface area (Å²) in [6.45, 7) is 2.61. The smallest absolute Gasteiger partial charge is 0.373 e.